The van der Waals surface area contributed by atoms with Crippen molar-refractivity contribution >= 4 is 18.3 Å². The van der Waals surface area contributed by atoms with Gasteiger partial charge >= 0.3 is 0 Å². The van der Waals surface area contributed by atoms with Gasteiger partial charge in [0.25, 0.3) is 5.91 Å². The van der Waals surface area contributed by atoms with Gasteiger partial charge in [-0.3, -0.25) is 4.79 Å². The second-order valence-electron chi connectivity index (χ2n) is 5.64. The summed E-state index contributed by atoms with van der Waals surface area (Å²) >= 11 is 0. The number of rotatable bonds is 5. The van der Waals surface area contributed by atoms with Crippen LogP contribution in [-0.2, 0) is 18.5 Å². The molecule has 4 nitrogen and oxygen atoms in total. The van der Waals surface area contributed by atoms with Gasteiger partial charge in [-0.05, 0) is 37.5 Å². The second-order valence-corrected chi connectivity index (χ2v) is 5.64. The van der Waals surface area contributed by atoms with E-state index < -0.39 is 5.54 Å². The standard InChI is InChI=1S/C17H22N2O2.ClH/c1-4-12-5-7-14(8-6-12)17(2,3)19-16(20)13-9-15(10-18)21-11-13;/h5-9,11H,4,10,18H2,1-3H3,(H,19,20);1H. The number of aryl methyl sites for hydroxylation is 1. The Kier molecular flexibility index (Phi) is 6.21. The molecule has 0 unspecified atom stereocenters. The fraction of sp³-hybridized carbons (Fsp3) is 0.353. The van der Waals surface area contributed by atoms with Crippen molar-refractivity contribution in [2.75, 3.05) is 0 Å². The first kappa shape index (κ1) is 18.3. The van der Waals surface area contributed by atoms with Crippen LogP contribution in [0.25, 0.3) is 0 Å². The molecule has 1 heterocycles. The summed E-state index contributed by atoms with van der Waals surface area (Å²) in [6.45, 7) is 6.37. The summed E-state index contributed by atoms with van der Waals surface area (Å²) in [5.41, 5.74) is 7.87. The number of amides is 1. The maximum Gasteiger partial charge on any atom is 0.255 e. The van der Waals surface area contributed by atoms with E-state index in [1.54, 1.807) is 6.07 Å². The summed E-state index contributed by atoms with van der Waals surface area (Å²) in [5.74, 6) is 0.438. The Morgan fingerprint density at radius 1 is 1.27 bits per heavy atom. The molecule has 0 aliphatic carbocycles. The fourth-order valence-corrected chi connectivity index (χ4v) is 2.19. The fourth-order valence-electron chi connectivity index (χ4n) is 2.19. The number of nitrogens with two attached hydrogens (primary N) is 1. The van der Waals surface area contributed by atoms with Gasteiger partial charge in [0.05, 0.1) is 17.6 Å². The van der Waals surface area contributed by atoms with Crippen LogP contribution in [0.4, 0.5) is 0 Å². The maximum absolute atomic E-state index is 12.3. The summed E-state index contributed by atoms with van der Waals surface area (Å²) in [5, 5.41) is 3.02. The Labute approximate surface area is 137 Å². The minimum Gasteiger partial charge on any atom is -0.467 e. The molecule has 120 valence electrons. The lowest BCUT2D eigenvalue weighted by molar-refractivity contribution is 0.0911. The molecule has 1 aromatic heterocycles. The molecule has 5 heteroatoms. The van der Waals surface area contributed by atoms with E-state index in [0.717, 1.165) is 12.0 Å². The molecule has 1 aromatic carbocycles. The largest absolute Gasteiger partial charge is 0.467 e. The van der Waals surface area contributed by atoms with Gasteiger partial charge in [0, 0.05) is 0 Å². The Bertz CT molecular complexity index is 618. The molecule has 0 saturated carbocycles. The first-order valence-corrected chi connectivity index (χ1v) is 7.15. The number of benzene rings is 1. The maximum atomic E-state index is 12.3. The highest BCUT2D eigenvalue weighted by molar-refractivity contribution is 5.94. The number of carbonyl (C=O) groups excluding carboxylic acids is 1. The molecule has 0 saturated heterocycles. The molecule has 0 aliphatic rings. The van der Waals surface area contributed by atoms with Gasteiger partial charge in [0.15, 0.2) is 0 Å². The van der Waals surface area contributed by atoms with Crippen LogP contribution < -0.4 is 11.1 Å². The highest BCUT2D eigenvalue weighted by Gasteiger charge is 2.24. The molecule has 2 aromatic rings. The number of furan rings is 1. The van der Waals surface area contributed by atoms with Crippen molar-refractivity contribution in [1.29, 1.82) is 0 Å². The summed E-state index contributed by atoms with van der Waals surface area (Å²) in [6, 6.07) is 9.96. The Morgan fingerprint density at radius 3 is 2.41 bits per heavy atom. The lowest BCUT2D eigenvalue weighted by Gasteiger charge is -2.27. The zero-order chi connectivity index (χ0) is 15.5. The molecule has 0 atom stereocenters. The van der Waals surface area contributed by atoms with Crippen molar-refractivity contribution in [3.63, 3.8) is 0 Å². The molecule has 3 N–H and O–H groups in total. The predicted molar refractivity (Wildman–Crippen MR) is 90.2 cm³/mol. The molecular weight excluding hydrogens is 300 g/mol. The average molecular weight is 323 g/mol. The van der Waals surface area contributed by atoms with Crippen LogP contribution in [0.2, 0.25) is 0 Å². The van der Waals surface area contributed by atoms with Gasteiger partial charge in [-0.1, -0.05) is 31.2 Å². The topological polar surface area (TPSA) is 68.3 Å². The van der Waals surface area contributed by atoms with Gasteiger partial charge in [0.2, 0.25) is 0 Å². The van der Waals surface area contributed by atoms with E-state index in [9.17, 15) is 4.79 Å². The third kappa shape index (κ3) is 4.12. The van der Waals surface area contributed by atoms with Gasteiger partial charge in [-0.15, -0.1) is 12.4 Å². The number of nitrogens with one attached hydrogen (secondary N) is 1. The molecular formula is C17H23ClN2O2. The lowest BCUT2D eigenvalue weighted by Crippen LogP contribution is -2.40. The summed E-state index contributed by atoms with van der Waals surface area (Å²) in [4.78, 5) is 12.3. The zero-order valence-electron chi connectivity index (χ0n) is 13.2. The SMILES string of the molecule is CCc1ccc(C(C)(C)NC(=O)c2coc(CN)c2)cc1.Cl. The second kappa shape index (κ2) is 7.47. The lowest BCUT2D eigenvalue weighted by atomic mass is 9.93. The quantitative estimate of drug-likeness (QED) is 0.886. The van der Waals surface area contributed by atoms with E-state index in [2.05, 4.69) is 36.5 Å². The van der Waals surface area contributed by atoms with E-state index in [1.807, 2.05) is 13.8 Å². The Morgan fingerprint density at radius 2 is 1.91 bits per heavy atom. The number of hydrogen-bond acceptors (Lipinski definition) is 3. The van der Waals surface area contributed by atoms with Crippen molar-refractivity contribution in [2.45, 2.75) is 39.3 Å². The first-order chi connectivity index (χ1) is 9.96. The minimum atomic E-state index is -0.455. The molecule has 2 rings (SSSR count). The third-order valence-corrected chi connectivity index (χ3v) is 3.63. The van der Waals surface area contributed by atoms with Crippen molar-refractivity contribution in [2.24, 2.45) is 5.73 Å². The van der Waals surface area contributed by atoms with Gasteiger partial charge < -0.3 is 15.5 Å². The average Bonchev–Trinajstić information content (AvgIpc) is 2.96. The summed E-state index contributed by atoms with van der Waals surface area (Å²) in [7, 11) is 0. The molecule has 0 fully saturated rings. The highest BCUT2D eigenvalue weighted by atomic mass is 35.5. The third-order valence-electron chi connectivity index (χ3n) is 3.63. The molecule has 22 heavy (non-hydrogen) atoms. The van der Waals surface area contributed by atoms with Gasteiger partial charge in [0.1, 0.15) is 12.0 Å². The van der Waals surface area contributed by atoms with E-state index in [1.165, 1.54) is 11.8 Å². The van der Waals surface area contributed by atoms with E-state index in [4.69, 9.17) is 10.2 Å². The van der Waals surface area contributed by atoms with Crippen LogP contribution >= 0.6 is 12.4 Å². The van der Waals surface area contributed by atoms with E-state index >= 15 is 0 Å². The molecule has 1 amide bonds. The van der Waals surface area contributed by atoms with Crippen molar-refractivity contribution in [3.8, 4) is 0 Å². The van der Waals surface area contributed by atoms with Crippen LogP contribution in [0.5, 0.6) is 0 Å². The predicted octanol–water partition coefficient (Wildman–Crippen LogP) is 3.39. The van der Waals surface area contributed by atoms with Crippen LogP contribution in [0, 0.1) is 0 Å². The number of hydrogen-bond donors (Lipinski definition) is 2. The van der Waals surface area contributed by atoms with Crippen LogP contribution in [-0.4, -0.2) is 5.91 Å². The molecule has 0 radical (unpaired) electrons. The van der Waals surface area contributed by atoms with Crippen LogP contribution in [0.3, 0.4) is 0 Å². The molecule has 0 bridgehead atoms. The summed E-state index contributed by atoms with van der Waals surface area (Å²) < 4.78 is 5.20. The highest BCUT2D eigenvalue weighted by Crippen LogP contribution is 2.21. The number of halogens is 1. The molecule has 0 aliphatic heterocycles. The smallest absolute Gasteiger partial charge is 0.255 e. The monoisotopic (exact) mass is 322 g/mol. The van der Waals surface area contributed by atoms with E-state index in [-0.39, 0.29) is 24.9 Å². The Balaban J connectivity index is 0.00000242. The Hall–Kier alpha value is -1.78. The minimum absolute atomic E-state index is 0. The van der Waals surface area contributed by atoms with Gasteiger partial charge in [-0.2, -0.15) is 0 Å². The van der Waals surface area contributed by atoms with E-state index in [0.29, 0.717) is 11.3 Å². The number of carbonyl (C=O) groups is 1. The zero-order valence-corrected chi connectivity index (χ0v) is 14.0. The normalized spacial score (nSPS) is 10.9. The first-order valence-electron chi connectivity index (χ1n) is 7.15. The van der Waals surface area contributed by atoms with Crippen LogP contribution in [0.1, 0.15) is 48.0 Å². The van der Waals surface area contributed by atoms with Crippen molar-refractivity contribution in [3.05, 3.63) is 59.0 Å². The van der Waals surface area contributed by atoms with Gasteiger partial charge in [-0.25, -0.2) is 0 Å². The molecule has 0 spiro atoms. The van der Waals surface area contributed by atoms with Crippen molar-refractivity contribution < 1.29 is 9.21 Å². The van der Waals surface area contributed by atoms with Crippen molar-refractivity contribution in [1.82, 2.24) is 5.32 Å². The van der Waals surface area contributed by atoms with Crippen LogP contribution in [0.15, 0.2) is 41.0 Å². The summed E-state index contributed by atoms with van der Waals surface area (Å²) in [6.07, 6.45) is 2.44.